The molecule has 1 N–H and O–H groups in total. The molecule has 4 heteroatoms. The quantitative estimate of drug-likeness (QED) is 0.488. The van der Waals surface area contributed by atoms with Gasteiger partial charge in [-0.2, -0.15) is 0 Å². The second kappa shape index (κ2) is 8.90. The fourth-order valence-electron chi connectivity index (χ4n) is 2.94. The molecule has 0 unspecified atom stereocenters. The predicted molar refractivity (Wildman–Crippen MR) is 79.4 cm³/mol. The van der Waals surface area contributed by atoms with Crippen molar-refractivity contribution in [1.82, 2.24) is 10.2 Å². The number of rotatable bonds is 10. The Balaban J connectivity index is 2.24. The lowest BCUT2D eigenvalue weighted by atomic mass is 9.96. The van der Waals surface area contributed by atoms with Crippen LogP contribution < -0.4 is 5.32 Å². The molecule has 0 heterocycles. The molecular weight excluding hydrogens is 240 g/mol. The van der Waals surface area contributed by atoms with Crippen LogP contribution >= 0.6 is 0 Å². The van der Waals surface area contributed by atoms with Gasteiger partial charge in [0.05, 0.1) is 0 Å². The molecule has 0 aromatic rings. The predicted octanol–water partition coefficient (Wildman–Crippen LogP) is 2.24. The van der Waals surface area contributed by atoms with Crippen molar-refractivity contribution in [1.29, 1.82) is 0 Å². The van der Waals surface area contributed by atoms with Gasteiger partial charge in [-0.05, 0) is 40.8 Å². The third-order valence-corrected chi connectivity index (χ3v) is 4.20. The standard InChI is InChI=1S/C15H32N2O2/c1-5-18-14(19-6-2)9-12-16-13-15(17(3)4)10-7-8-11-15/h14,16H,5-13H2,1-4H3. The summed E-state index contributed by atoms with van der Waals surface area (Å²) in [6.45, 7) is 7.49. The monoisotopic (exact) mass is 272 g/mol. The summed E-state index contributed by atoms with van der Waals surface area (Å²) < 4.78 is 11.1. The van der Waals surface area contributed by atoms with Gasteiger partial charge >= 0.3 is 0 Å². The molecule has 0 spiro atoms. The minimum atomic E-state index is -0.0543. The van der Waals surface area contributed by atoms with Crippen LogP contribution in [-0.4, -0.2) is 57.1 Å². The van der Waals surface area contributed by atoms with Crippen LogP contribution in [0.2, 0.25) is 0 Å². The van der Waals surface area contributed by atoms with Crippen LogP contribution in [0.1, 0.15) is 46.0 Å². The fourth-order valence-corrected chi connectivity index (χ4v) is 2.94. The molecule has 1 saturated carbocycles. The van der Waals surface area contributed by atoms with Gasteiger partial charge in [-0.15, -0.1) is 0 Å². The van der Waals surface area contributed by atoms with E-state index in [-0.39, 0.29) is 6.29 Å². The second-order valence-electron chi connectivity index (χ2n) is 5.63. The van der Waals surface area contributed by atoms with E-state index in [1.807, 2.05) is 13.8 Å². The first-order valence-corrected chi connectivity index (χ1v) is 7.76. The highest BCUT2D eigenvalue weighted by molar-refractivity contribution is 4.94. The van der Waals surface area contributed by atoms with Crippen molar-refractivity contribution in [2.45, 2.75) is 57.8 Å². The Morgan fingerprint density at radius 2 is 1.68 bits per heavy atom. The largest absolute Gasteiger partial charge is 0.353 e. The van der Waals surface area contributed by atoms with Gasteiger partial charge in [-0.3, -0.25) is 0 Å². The molecular formula is C15H32N2O2. The van der Waals surface area contributed by atoms with Gasteiger partial charge in [-0.25, -0.2) is 0 Å². The second-order valence-corrected chi connectivity index (χ2v) is 5.63. The van der Waals surface area contributed by atoms with Gasteiger partial charge < -0.3 is 19.7 Å². The van der Waals surface area contributed by atoms with E-state index in [2.05, 4.69) is 24.3 Å². The molecule has 0 radical (unpaired) electrons. The third-order valence-electron chi connectivity index (χ3n) is 4.20. The van der Waals surface area contributed by atoms with Gasteiger partial charge in [0.25, 0.3) is 0 Å². The van der Waals surface area contributed by atoms with Crippen LogP contribution in [0.4, 0.5) is 0 Å². The Morgan fingerprint density at radius 3 is 2.16 bits per heavy atom. The van der Waals surface area contributed by atoms with Crippen LogP contribution in [0.25, 0.3) is 0 Å². The van der Waals surface area contributed by atoms with Gasteiger partial charge in [0.15, 0.2) is 6.29 Å². The first-order valence-electron chi connectivity index (χ1n) is 7.76. The van der Waals surface area contributed by atoms with Crippen molar-refractivity contribution < 1.29 is 9.47 Å². The molecule has 114 valence electrons. The van der Waals surface area contributed by atoms with Crippen LogP contribution in [0.3, 0.4) is 0 Å². The van der Waals surface area contributed by atoms with E-state index >= 15 is 0 Å². The Hall–Kier alpha value is -0.160. The van der Waals surface area contributed by atoms with Gasteiger partial charge in [0.2, 0.25) is 0 Å². The average Bonchev–Trinajstić information content (AvgIpc) is 2.85. The zero-order valence-corrected chi connectivity index (χ0v) is 13.2. The normalized spacial score (nSPS) is 18.6. The van der Waals surface area contributed by atoms with Crippen molar-refractivity contribution in [2.24, 2.45) is 0 Å². The van der Waals surface area contributed by atoms with E-state index in [1.54, 1.807) is 0 Å². The first kappa shape index (κ1) is 16.9. The number of nitrogens with one attached hydrogen (secondary N) is 1. The van der Waals surface area contributed by atoms with Crippen LogP contribution in [0.15, 0.2) is 0 Å². The topological polar surface area (TPSA) is 33.7 Å². The van der Waals surface area contributed by atoms with Gasteiger partial charge in [-0.1, -0.05) is 12.8 Å². The number of nitrogens with zero attached hydrogens (tertiary/aromatic N) is 1. The molecule has 0 amide bonds. The summed E-state index contributed by atoms with van der Waals surface area (Å²) in [6, 6.07) is 0. The highest BCUT2D eigenvalue weighted by atomic mass is 16.7. The Morgan fingerprint density at radius 1 is 1.11 bits per heavy atom. The maximum absolute atomic E-state index is 5.55. The summed E-state index contributed by atoms with van der Waals surface area (Å²) >= 11 is 0. The maximum atomic E-state index is 5.55. The molecule has 0 aromatic carbocycles. The molecule has 1 fully saturated rings. The molecule has 0 saturated heterocycles. The maximum Gasteiger partial charge on any atom is 0.158 e. The van der Waals surface area contributed by atoms with Crippen molar-refractivity contribution in [3.63, 3.8) is 0 Å². The Kier molecular flexibility index (Phi) is 7.91. The highest BCUT2D eigenvalue weighted by Crippen LogP contribution is 2.32. The van der Waals surface area contributed by atoms with E-state index in [4.69, 9.17) is 9.47 Å². The lowest BCUT2D eigenvalue weighted by molar-refractivity contribution is -0.138. The zero-order valence-electron chi connectivity index (χ0n) is 13.2. The molecule has 0 aliphatic heterocycles. The lowest BCUT2D eigenvalue weighted by Gasteiger charge is -2.36. The summed E-state index contributed by atoms with van der Waals surface area (Å²) in [5, 5.41) is 3.60. The summed E-state index contributed by atoms with van der Waals surface area (Å²) in [4.78, 5) is 2.40. The van der Waals surface area contributed by atoms with Crippen molar-refractivity contribution in [2.75, 3.05) is 40.4 Å². The Labute approximate surface area is 118 Å². The number of likely N-dealkylation sites (N-methyl/N-ethyl adjacent to an activating group) is 1. The van der Waals surface area contributed by atoms with E-state index in [0.29, 0.717) is 18.8 Å². The first-order chi connectivity index (χ1) is 9.14. The summed E-state index contributed by atoms with van der Waals surface area (Å²) in [5.41, 5.74) is 0.368. The summed E-state index contributed by atoms with van der Waals surface area (Å²) in [7, 11) is 4.41. The van der Waals surface area contributed by atoms with Crippen LogP contribution in [-0.2, 0) is 9.47 Å². The molecule has 0 atom stereocenters. The summed E-state index contributed by atoms with van der Waals surface area (Å²) in [6.07, 6.45) is 6.22. The smallest absolute Gasteiger partial charge is 0.158 e. The van der Waals surface area contributed by atoms with Crippen molar-refractivity contribution in [3.8, 4) is 0 Å². The van der Waals surface area contributed by atoms with Crippen LogP contribution in [0.5, 0.6) is 0 Å². The van der Waals surface area contributed by atoms with E-state index in [9.17, 15) is 0 Å². The number of ether oxygens (including phenoxy) is 2. The molecule has 19 heavy (non-hydrogen) atoms. The average molecular weight is 272 g/mol. The minimum Gasteiger partial charge on any atom is -0.353 e. The summed E-state index contributed by atoms with van der Waals surface area (Å²) in [5.74, 6) is 0. The Bertz CT molecular complexity index is 222. The molecule has 0 aromatic heterocycles. The molecule has 1 aliphatic carbocycles. The molecule has 0 bridgehead atoms. The van der Waals surface area contributed by atoms with E-state index in [1.165, 1.54) is 25.7 Å². The highest BCUT2D eigenvalue weighted by Gasteiger charge is 2.35. The number of hydrogen-bond donors (Lipinski definition) is 1. The van der Waals surface area contributed by atoms with E-state index < -0.39 is 0 Å². The molecule has 4 nitrogen and oxygen atoms in total. The lowest BCUT2D eigenvalue weighted by Crippen LogP contribution is -2.50. The van der Waals surface area contributed by atoms with Gasteiger partial charge in [0.1, 0.15) is 0 Å². The van der Waals surface area contributed by atoms with Gasteiger partial charge in [0, 0.05) is 38.3 Å². The van der Waals surface area contributed by atoms with Crippen LogP contribution in [0, 0.1) is 0 Å². The van der Waals surface area contributed by atoms with Crippen molar-refractivity contribution >= 4 is 0 Å². The van der Waals surface area contributed by atoms with Crippen molar-refractivity contribution in [3.05, 3.63) is 0 Å². The minimum absolute atomic E-state index is 0.0543. The zero-order chi connectivity index (χ0) is 14.1. The SMILES string of the molecule is CCOC(CCNCC1(N(C)C)CCCC1)OCC. The third kappa shape index (κ3) is 5.38. The fraction of sp³-hybridized carbons (Fsp3) is 1.00. The van der Waals surface area contributed by atoms with E-state index in [0.717, 1.165) is 19.5 Å². The molecule has 1 rings (SSSR count). The number of hydrogen-bond acceptors (Lipinski definition) is 4. The molecule has 1 aliphatic rings.